The van der Waals surface area contributed by atoms with Crippen LogP contribution in [0.25, 0.3) is 0 Å². The maximum Gasteiger partial charge on any atom is 0.252 e. The van der Waals surface area contributed by atoms with Gasteiger partial charge in [-0.05, 0) is 31.7 Å². The smallest absolute Gasteiger partial charge is 0.252 e. The third-order valence-corrected chi connectivity index (χ3v) is 3.59. The van der Waals surface area contributed by atoms with E-state index in [9.17, 15) is 4.79 Å². The number of nitrogens with zero attached hydrogens (tertiary/aromatic N) is 2. The first-order valence-electron chi connectivity index (χ1n) is 7.01. The quantitative estimate of drug-likeness (QED) is 0.815. The monoisotopic (exact) mass is 264 g/mol. The third kappa shape index (κ3) is 3.56. The Kier molecular flexibility index (Phi) is 3.94. The van der Waals surface area contributed by atoms with E-state index in [1.165, 1.54) is 0 Å². The fraction of sp³-hybridized carbons (Fsp3) is 0.714. The zero-order chi connectivity index (χ0) is 14.0. The van der Waals surface area contributed by atoms with Gasteiger partial charge in [0.1, 0.15) is 11.6 Å². The molecule has 0 aliphatic heterocycles. The number of aromatic nitrogens is 2. The summed E-state index contributed by atoms with van der Waals surface area (Å²) in [5.41, 5.74) is 5.75. The Morgan fingerprint density at radius 1 is 1.53 bits per heavy atom. The maximum absolute atomic E-state index is 11.8. The molecule has 0 spiro atoms. The normalized spacial score (nSPS) is 15.6. The Bertz CT molecular complexity index is 490. The first kappa shape index (κ1) is 14.1. The van der Waals surface area contributed by atoms with E-state index in [0.29, 0.717) is 12.5 Å². The summed E-state index contributed by atoms with van der Waals surface area (Å²) in [6.45, 7) is 8.58. The summed E-state index contributed by atoms with van der Waals surface area (Å²) in [4.78, 5) is 21.3. The Hall–Kier alpha value is -1.36. The second-order valence-corrected chi connectivity index (χ2v) is 6.15. The van der Waals surface area contributed by atoms with Gasteiger partial charge in [0.05, 0.1) is 0 Å². The highest BCUT2D eigenvalue weighted by atomic mass is 16.1. The van der Waals surface area contributed by atoms with Crippen LogP contribution in [0.3, 0.4) is 0 Å². The van der Waals surface area contributed by atoms with Crippen LogP contribution in [0.2, 0.25) is 0 Å². The van der Waals surface area contributed by atoms with Crippen LogP contribution in [0.15, 0.2) is 10.9 Å². The zero-order valence-corrected chi connectivity index (χ0v) is 12.1. The van der Waals surface area contributed by atoms with Crippen molar-refractivity contribution in [1.82, 2.24) is 9.97 Å². The van der Waals surface area contributed by atoms with E-state index < -0.39 is 0 Å². The van der Waals surface area contributed by atoms with Crippen LogP contribution in [0, 0.1) is 5.41 Å². The molecule has 0 atom stereocenters. The zero-order valence-electron chi connectivity index (χ0n) is 12.1. The van der Waals surface area contributed by atoms with Gasteiger partial charge in [0.25, 0.3) is 5.56 Å². The van der Waals surface area contributed by atoms with Crippen molar-refractivity contribution in [3.05, 3.63) is 22.2 Å². The predicted molar refractivity (Wildman–Crippen MR) is 77.6 cm³/mol. The minimum Gasteiger partial charge on any atom is -0.356 e. The number of nitrogens with one attached hydrogen (secondary N) is 1. The van der Waals surface area contributed by atoms with Gasteiger partial charge in [-0.2, -0.15) is 0 Å². The van der Waals surface area contributed by atoms with Crippen LogP contribution in [0.5, 0.6) is 0 Å². The molecule has 5 nitrogen and oxygen atoms in total. The molecule has 1 aromatic heterocycles. The fourth-order valence-electron chi connectivity index (χ4n) is 2.11. The van der Waals surface area contributed by atoms with Crippen molar-refractivity contribution in [2.45, 2.75) is 39.5 Å². The van der Waals surface area contributed by atoms with Gasteiger partial charge < -0.3 is 15.6 Å². The molecule has 1 heterocycles. The fourth-order valence-corrected chi connectivity index (χ4v) is 2.11. The van der Waals surface area contributed by atoms with E-state index in [0.717, 1.165) is 37.6 Å². The van der Waals surface area contributed by atoms with Gasteiger partial charge in [-0.3, -0.25) is 4.79 Å². The highest BCUT2D eigenvalue weighted by molar-refractivity contribution is 5.38. The van der Waals surface area contributed by atoms with Crippen LogP contribution in [0.4, 0.5) is 5.82 Å². The van der Waals surface area contributed by atoms with Crippen LogP contribution >= 0.6 is 0 Å². The van der Waals surface area contributed by atoms with Crippen molar-refractivity contribution in [1.29, 1.82) is 0 Å². The molecular formula is C14H24N4O. The molecule has 2 rings (SSSR count). The molecule has 0 aromatic carbocycles. The minimum atomic E-state index is -0.0593. The molecule has 106 valence electrons. The predicted octanol–water partition coefficient (Wildman–Crippen LogP) is 1.46. The van der Waals surface area contributed by atoms with Crippen LogP contribution < -0.4 is 16.2 Å². The lowest BCUT2D eigenvalue weighted by Gasteiger charge is -2.31. The third-order valence-electron chi connectivity index (χ3n) is 3.59. The number of hydrogen-bond acceptors (Lipinski definition) is 4. The van der Waals surface area contributed by atoms with Crippen molar-refractivity contribution in [3.8, 4) is 0 Å². The molecule has 1 fully saturated rings. The minimum absolute atomic E-state index is 0.0139. The second kappa shape index (κ2) is 5.33. The van der Waals surface area contributed by atoms with E-state index in [4.69, 9.17) is 5.73 Å². The molecule has 1 aromatic rings. The SMILES string of the molecule is CCN(CC(C)(C)CN)c1cc(=O)[nH]c(C2CC2)n1. The van der Waals surface area contributed by atoms with Crippen molar-refractivity contribution in [3.63, 3.8) is 0 Å². The summed E-state index contributed by atoms with van der Waals surface area (Å²) in [6, 6.07) is 1.59. The van der Waals surface area contributed by atoms with Crippen LogP contribution in [-0.2, 0) is 0 Å². The topological polar surface area (TPSA) is 75.0 Å². The Morgan fingerprint density at radius 3 is 2.74 bits per heavy atom. The van der Waals surface area contributed by atoms with Gasteiger partial charge in [0, 0.05) is 25.1 Å². The average Bonchev–Trinajstić information content (AvgIpc) is 3.19. The van der Waals surface area contributed by atoms with E-state index >= 15 is 0 Å². The van der Waals surface area contributed by atoms with E-state index in [1.807, 2.05) is 0 Å². The van der Waals surface area contributed by atoms with Crippen molar-refractivity contribution >= 4 is 5.82 Å². The number of rotatable bonds is 6. The largest absolute Gasteiger partial charge is 0.356 e. The molecule has 19 heavy (non-hydrogen) atoms. The highest BCUT2D eigenvalue weighted by Gasteiger charge is 2.27. The van der Waals surface area contributed by atoms with Gasteiger partial charge in [-0.25, -0.2) is 4.98 Å². The van der Waals surface area contributed by atoms with Crippen molar-refractivity contribution in [2.75, 3.05) is 24.5 Å². The Labute approximate surface area is 114 Å². The summed E-state index contributed by atoms with van der Waals surface area (Å²) >= 11 is 0. The van der Waals surface area contributed by atoms with E-state index in [-0.39, 0.29) is 11.0 Å². The lowest BCUT2D eigenvalue weighted by atomic mass is 9.93. The molecule has 0 unspecified atom stereocenters. The Balaban J connectivity index is 2.24. The van der Waals surface area contributed by atoms with Gasteiger partial charge in [-0.1, -0.05) is 13.8 Å². The molecule has 0 amide bonds. The molecule has 0 radical (unpaired) electrons. The molecule has 1 aliphatic rings. The van der Waals surface area contributed by atoms with Crippen LogP contribution in [-0.4, -0.2) is 29.6 Å². The second-order valence-electron chi connectivity index (χ2n) is 6.15. The average molecular weight is 264 g/mol. The van der Waals surface area contributed by atoms with Crippen molar-refractivity contribution < 1.29 is 0 Å². The van der Waals surface area contributed by atoms with Gasteiger partial charge in [0.15, 0.2) is 0 Å². The number of hydrogen-bond donors (Lipinski definition) is 2. The van der Waals surface area contributed by atoms with E-state index in [1.54, 1.807) is 6.07 Å². The summed E-state index contributed by atoms with van der Waals surface area (Å²) < 4.78 is 0. The number of aromatic amines is 1. The maximum atomic E-state index is 11.8. The Morgan fingerprint density at radius 2 is 2.21 bits per heavy atom. The van der Waals surface area contributed by atoms with Gasteiger partial charge in [-0.15, -0.1) is 0 Å². The first-order chi connectivity index (χ1) is 8.95. The number of anilines is 1. The molecule has 0 saturated heterocycles. The summed E-state index contributed by atoms with van der Waals surface area (Å²) in [7, 11) is 0. The number of nitrogens with two attached hydrogens (primary N) is 1. The standard InChI is InChI=1S/C14H24N4O/c1-4-18(9-14(2,3)8-15)11-7-12(19)17-13(16-11)10-5-6-10/h7,10H,4-6,8-9,15H2,1-3H3,(H,16,17,19). The molecule has 0 bridgehead atoms. The molecule has 1 aliphatic carbocycles. The lowest BCUT2D eigenvalue weighted by Crippen LogP contribution is -2.39. The molecule has 1 saturated carbocycles. The molecule has 3 N–H and O–H groups in total. The summed E-state index contributed by atoms with van der Waals surface area (Å²) in [6.07, 6.45) is 2.26. The number of H-pyrrole nitrogens is 1. The van der Waals surface area contributed by atoms with E-state index in [2.05, 4.69) is 35.6 Å². The molecule has 5 heteroatoms. The van der Waals surface area contributed by atoms with Crippen LogP contribution in [0.1, 0.15) is 45.4 Å². The molecular weight excluding hydrogens is 240 g/mol. The lowest BCUT2D eigenvalue weighted by molar-refractivity contribution is 0.378. The summed E-state index contributed by atoms with van der Waals surface area (Å²) in [5, 5.41) is 0. The first-order valence-corrected chi connectivity index (χ1v) is 7.01. The highest BCUT2D eigenvalue weighted by Crippen LogP contribution is 2.38. The van der Waals surface area contributed by atoms with Crippen molar-refractivity contribution in [2.24, 2.45) is 11.1 Å². The summed E-state index contributed by atoms with van der Waals surface area (Å²) in [5.74, 6) is 2.06. The van der Waals surface area contributed by atoms with Gasteiger partial charge in [0.2, 0.25) is 0 Å². The van der Waals surface area contributed by atoms with Gasteiger partial charge >= 0.3 is 0 Å².